The zero-order valence-electron chi connectivity index (χ0n) is 19.6. The Balaban J connectivity index is 1.70. The number of alkyl halides is 2. The molecule has 13 heteroatoms. The number of hydrogen-bond donors (Lipinski definition) is 2. The fourth-order valence-corrected chi connectivity index (χ4v) is 4.58. The van der Waals surface area contributed by atoms with Gasteiger partial charge < -0.3 is 10.6 Å². The molecule has 1 amide bonds. The molecule has 0 fully saturated rings. The molecule has 0 unspecified atom stereocenters. The molecule has 0 radical (unpaired) electrons. The van der Waals surface area contributed by atoms with E-state index in [-0.39, 0.29) is 29.5 Å². The number of carbonyl (C=O) groups excluding carboxylic acids is 1. The number of nitrogens with zero attached hydrogens (tertiary/aromatic N) is 4. The zero-order chi connectivity index (χ0) is 26.2. The number of anilines is 5. The summed E-state index contributed by atoms with van der Waals surface area (Å²) in [6.07, 6.45) is 1.88. The van der Waals surface area contributed by atoms with Gasteiger partial charge in [0.05, 0.1) is 31.1 Å². The molecule has 4 rings (SSSR count). The Hall–Kier alpha value is -3.87. The van der Waals surface area contributed by atoms with Gasteiger partial charge in [0.2, 0.25) is 21.9 Å². The Labute approximate surface area is 206 Å². The highest BCUT2D eigenvalue weighted by atomic mass is 32.2. The monoisotopic (exact) mass is 520 g/mol. The van der Waals surface area contributed by atoms with E-state index in [1.165, 1.54) is 13.1 Å². The average molecular weight is 521 g/mol. The average Bonchev–Trinajstić information content (AvgIpc) is 3.19. The topological polar surface area (TPSA) is 108 Å². The fraction of sp³-hybridized carbons (Fsp3) is 0.261. The number of benzene rings is 2. The molecule has 1 aliphatic rings. The Morgan fingerprint density at radius 1 is 1.19 bits per heavy atom. The van der Waals surface area contributed by atoms with E-state index in [1.807, 2.05) is 0 Å². The molecule has 2 aromatic carbocycles. The molecule has 190 valence electrons. The standard InChI is InChI=1S/C23H23F3N6O3S/c1-13-6-4-7-14(20(13)31(2)36(3,34)35)12-32(22(25)26)21-16(24)11-27-23(30-21)29-18-9-5-8-17-15(18)10-19(33)28-17/h4-9,11,22H,10,12H2,1-3H3,(H,28,33)(H,27,29,30). The molecule has 0 saturated heterocycles. The third-order valence-electron chi connectivity index (χ3n) is 5.74. The maximum Gasteiger partial charge on any atom is 0.316 e. The van der Waals surface area contributed by atoms with Crippen LogP contribution in [0.2, 0.25) is 0 Å². The van der Waals surface area contributed by atoms with E-state index in [1.54, 1.807) is 37.3 Å². The molecular formula is C23H23F3N6O3S. The van der Waals surface area contributed by atoms with E-state index in [9.17, 15) is 26.4 Å². The number of fused-ring (bicyclic) bond motifs is 1. The van der Waals surface area contributed by atoms with Crippen molar-refractivity contribution in [2.75, 3.05) is 33.1 Å². The summed E-state index contributed by atoms with van der Waals surface area (Å²) < 4.78 is 68.4. The summed E-state index contributed by atoms with van der Waals surface area (Å²) in [7, 11) is -2.37. The Morgan fingerprint density at radius 2 is 1.92 bits per heavy atom. The highest BCUT2D eigenvalue weighted by molar-refractivity contribution is 7.92. The van der Waals surface area contributed by atoms with Gasteiger partial charge in [-0.3, -0.25) is 14.0 Å². The zero-order valence-corrected chi connectivity index (χ0v) is 20.4. The molecule has 36 heavy (non-hydrogen) atoms. The smallest absolute Gasteiger partial charge is 0.316 e. The third kappa shape index (κ3) is 5.05. The van der Waals surface area contributed by atoms with Crippen molar-refractivity contribution in [3.63, 3.8) is 0 Å². The van der Waals surface area contributed by atoms with E-state index in [4.69, 9.17) is 0 Å². The van der Waals surface area contributed by atoms with Crippen LogP contribution >= 0.6 is 0 Å². The van der Waals surface area contributed by atoms with Crippen molar-refractivity contribution in [3.05, 3.63) is 65.1 Å². The van der Waals surface area contributed by atoms with Crippen LogP contribution in [-0.2, 0) is 27.8 Å². The quantitative estimate of drug-likeness (QED) is 0.435. The minimum absolute atomic E-state index is 0.111. The number of amides is 1. The lowest BCUT2D eigenvalue weighted by molar-refractivity contribution is -0.115. The minimum Gasteiger partial charge on any atom is -0.325 e. The van der Waals surface area contributed by atoms with Crippen molar-refractivity contribution in [1.82, 2.24) is 9.97 Å². The normalized spacial score (nSPS) is 12.9. The van der Waals surface area contributed by atoms with Crippen molar-refractivity contribution in [2.45, 2.75) is 26.4 Å². The van der Waals surface area contributed by atoms with Gasteiger partial charge >= 0.3 is 6.55 Å². The van der Waals surface area contributed by atoms with Crippen molar-refractivity contribution in [3.8, 4) is 0 Å². The first-order chi connectivity index (χ1) is 17.0. The fourth-order valence-electron chi connectivity index (χ4n) is 3.99. The van der Waals surface area contributed by atoms with Gasteiger partial charge in [0, 0.05) is 24.0 Å². The first-order valence-electron chi connectivity index (χ1n) is 10.7. The van der Waals surface area contributed by atoms with E-state index in [0.717, 1.165) is 16.8 Å². The second-order valence-corrected chi connectivity index (χ2v) is 10.3. The molecule has 2 heterocycles. The third-order valence-corrected chi connectivity index (χ3v) is 6.92. The van der Waals surface area contributed by atoms with Crippen molar-refractivity contribution >= 4 is 44.8 Å². The molecule has 0 bridgehead atoms. The number of para-hydroxylation sites is 1. The highest BCUT2D eigenvalue weighted by Gasteiger charge is 2.27. The first-order valence-corrected chi connectivity index (χ1v) is 12.6. The Kier molecular flexibility index (Phi) is 6.76. The summed E-state index contributed by atoms with van der Waals surface area (Å²) in [6.45, 7) is -2.04. The summed E-state index contributed by atoms with van der Waals surface area (Å²) >= 11 is 0. The highest BCUT2D eigenvalue weighted by Crippen LogP contribution is 2.33. The predicted molar refractivity (Wildman–Crippen MR) is 131 cm³/mol. The lowest BCUT2D eigenvalue weighted by Crippen LogP contribution is -2.32. The molecule has 1 aliphatic heterocycles. The van der Waals surface area contributed by atoms with Crippen LogP contribution < -0.4 is 19.8 Å². The molecule has 0 aliphatic carbocycles. The number of rotatable bonds is 8. The van der Waals surface area contributed by atoms with Gasteiger partial charge in [0.1, 0.15) is 0 Å². The van der Waals surface area contributed by atoms with Crippen molar-refractivity contribution in [1.29, 1.82) is 0 Å². The summed E-state index contributed by atoms with van der Waals surface area (Å²) in [6, 6.07) is 9.81. The molecular weight excluding hydrogens is 497 g/mol. The van der Waals surface area contributed by atoms with Crippen LogP contribution in [0.1, 0.15) is 16.7 Å². The van der Waals surface area contributed by atoms with Gasteiger partial charge in [-0.25, -0.2) is 17.8 Å². The minimum atomic E-state index is -3.69. The van der Waals surface area contributed by atoms with Crippen LogP contribution in [0.5, 0.6) is 0 Å². The van der Waals surface area contributed by atoms with Crippen LogP contribution in [0, 0.1) is 12.7 Å². The number of carbonyl (C=O) groups is 1. The Morgan fingerprint density at radius 3 is 2.61 bits per heavy atom. The van der Waals surface area contributed by atoms with Gasteiger partial charge in [-0.1, -0.05) is 24.3 Å². The second kappa shape index (κ2) is 9.64. The van der Waals surface area contributed by atoms with Crippen LogP contribution in [0.3, 0.4) is 0 Å². The van der Waals surface area contributed by atoms with Crippen molar-refractivity contribution in [2.24, 2.45) is 0 Å². The lowest BCUT2D eigenvalue weighted by Gasteiger charge is -2.27. The van der Waals surface area contributed by atoms with Gasteiger partial charge in [0.15, 0.2) is 11.6 Å². The molecule has 1 aromatic heterocycles. The van der Waals surface area contributed by atoms with Crippen LogP contribution in [0.25, 0.3) is 0 Å². The number of halogens is 3. The van der Waals surface area contributed by atoms with Gasteiger partial charge in [0.25, 0.3) is 0 Å². The largest absolute Gasteiger partial charge is 0.325 e. The molecule has 9 nitrogen and oxygen atoms in total. The first kappa shape index (κ1) is 25.2. The summed E-state index contributed by atoms with van der Waals surface area (Å²) in [5.74, 6) is -2.10. The maximum absolute atomic E-state index is 14.7. The molecule has 3 aromatic rings. The predicted octanol–water partition coefficient (Wildman–Crippen LogP) is 3.79. The van der Waals surface area contributed by atoms with Crippen LogP contribution in [0.4, 0.5) is 42.0 Å². The Bertz CT molecular complexity index is 1430. The lowest BCUT2D eigenvalue weighted by atomic mass is 10.1. The van der Waals surface area contributed by atoms with Crippen LogP contribution in [0.15, 0.2) is 42.6 Å². The molecule has 0 atom stereocenters. The second-order valence-electron chi connectivity index (χ2n) is 8.27. The van der Waals surface area contributed by atoms with E-state index in [2.05, 4.69) is 20.6 Å². The number of aryl methyl sites for hydroxylation is 1. The maximum atomic E-state index is 14.7. The van der Waals surface area contributed by atoms with E-state index < -0.39 is 34.8 Å². The summed E-state index contributed by atoms with van der Waals surface area (Å²) in [5.41, 5.74) is 2.72. The summed E-state index contributed by atoms with van der Waals surface area (Å²) in [4.78, 5) is 20.0. The number of sulfonamides is 1. The summed E-state index contributed by atoms with van der Waals surface area (Å²) in [5, 5.41) is 5.57. The van der Waals surface area contributed by atoms with Gasteiger partial charge in [-0.15, -0.1) is 0 Å². The van der Waals surface area contributed by atoms with Gasteiger partial charge in [-0.05, 0) is 30.2 Å². The molecule has 2 N–H and O–H groups in total. The molecule has 0 saturated carbocycles. The number of nitrogens with one attached hydrogen (secondary N) is 2. The SMILES string of the molecule is Cc1cccc(CN(c2nc(Nc3cccc4c3CC(=O)N4)ncc2F)C(F)F)c1N(C)S(C)(=O)=O. The molecule has 0 spiro atoms. The van der Waals surface area contributed by atoms with Crippen LogP contribution in [-0.4, -0.2) is 44.1 Å². The van der Waals surface area contributed by atoms with E-state index in [0.29, 0.717) is 27.4 Å². The van der Waals surface area contributed by atoms with Crippen molar-refractivity contribution < 1.29 is 26.4 Å². The van der Waals surface area contributed by atoms with Gasteiger partial charge in [-0.2, -0.15) is 13.8 Å². The van der Waals surface area contributed by atoms with E-state index >= 15 is 0 Å². The number of aromatic nitrogens is 2. The number of hydrogen-bond acceptors (Lipinski definition) is 7.